The van der Waals surface area contributed by atoms with Crippen molar-refractivity contribution in [3.05, 3.63) is 78.4 Å². The maximum Gasteiger partial charge on any atom is 0.119 e. The van der Waals surface area contributed by atoms with E-state index in [9.17, 15) is 5.11 Å². The molecule has 0 aliphatic carbocycles. The molecule has 0 amide bonds. The van der Waals surface area contributed by atoms with Crippen LogP contribution in [0.25, 0.3) is 11.1 Å². The fourth-order valence-electron chi connectivity index (χ4n) is 5.53. The molecule has 1 aromatic heterocycles. The molecule has 2 aliphatic heterocycles. The number of fused-ring (bicyclic) bond motifs is 1. The van der Waals surface area contributed by atoms with Gasteiger partial charge in [-0.15, -0.1) is 0 Å². The van der Waals surface area contributed by atoms with Crippen LogP contribution in [-0.2, 0) is 6.54 Å². The van der Waals surface area contributed by atoms with Crippen molar-refractivity contribution in [1.29, 1.82) is 0 Å². The summed E-state index contributed by atoms with van der Waals surface area (Å²) in [6.07, 6.45) is 7.75. The van der Waals surface area contributed by atoms with E-state index in [0.717, 1.165) is 49.5 Å². The lowest BCUT2D eigenvalue weighted by molar-refractivity contribution is -0.0655. The van der Waals surface area contributed by atoms with Gasteiger partial charge in [-0.05, 0) is 54.8 Å². The number of ether oxygens (including phenoxy) is 1. The molecular formula is C27H32N4O2. The first-order valence-electron chi connectivity index (χ1n) is 11.8. The van der Waals surface area contributed by atoms with Crippen LogP contribution >= 0.6 is 0 Å². The molecule has 0 unspecified atom stereocenters. The average Bonchev–Trinajstić information content (AvgIpc) is 2.85. The van der Waals surface area contributed by atoms with Gasteiger partial charge in [0.1, 0.15) is 12.1 Å². The third-order valence-electron chi connectivity index (χ3n) is 7.17. The number of methoxy groups -OCH3 is 1. The monoisotopic (exact) mass is 444 g/mol. The highest BCUT2D eigenvalue weighted by Crippen LogP contribution is 2.42. The van der Waals surface area contributed by atoms with Crippen LogP contribution in [0.5, 0.6) is 5.75 Å². The summed E-state index contributed by atoms with van der Waals surface area (Å²) in [5.74, 6) is 1.20. The first-order valence-corrected chi connectivity index (χ1v) is 11.8. The van der Waals surface area contributed by atoms with Crippen molar-refractivity contribution in [2.75, 3.05) is 33.4 Å². The minimum Gasteiger partial charge on any atom is -0.497 e. The first-order chi connectivity index (χ1) is 16.3. The molecule has 0 radical (unpaired) electrons. The van der Waals surface area contributed by atoms with Gasteiger partial charge in [0.2, 0.25) is 0 Å². The highest BCUT2D eigenvalue weighted by Gasteiger charge is 2.49. The number of hydrogen-bond donors (Lipinski definition) is 1. The lowest BCUT2D eigenvalue weighted by Crippen LogP contribution is -2.67. The number of nitrogens with zero attached hydrogens (tertiary/aromatic N) is 4. The summed E-state index contributed by atoms with van der Waals surface area (Å²) in [6, 6.07) is 17.7. The second kappa shape index (κ2) is 10.00. The Morgan fingerprint density at radius 3 is 2.55 bits per heavy atom. The van der Waals surface area contributed by atoms with Gasteiger partial charge in [-0.2, -0.15) is 0 Å². The number of hydrogen-bond acceptors (Lipinski definition) is 6. The Labute approximate surface area is 195 Å². The molecule has 3 aromatic rings. The zero-order valence-electron chi connectivity index (χ0n) is 19.2. The van der Waals surface area contributed by atoms with E-state index in [1.165, 1.54) is 17.5 Å². The maximum absolute atomic E-state index is 10.2. The topological polar surface area (TPSA) is 61.7 Å². The largest absolute Gasteiger partial charge is 0.497 e. The van der Waals surface area contributed by atoms with Crippen molar-refractivity contribution < 1.29 is 9.84 Å². The molecular weight excluding hydrogens is 412 g/mol. The second-order valence-electron chi connectivity index (χ2n) is 9.12. The SMILES string of the molecule is COc1cccc(-c2ccc([C@@H]3[C@@H](CO)N4CCCCN(Cc5cncnc5)C[C@@H]34)cc2)c1. The van der Waals surface area contributed by atoms with E-state index >= 15 is 0 Å². The van der Waals surface area contributed by atoms with Crippen LogP contribution in [0.4, 0.5) is 0 Å². The van der Waals surface area contributed by atoms with Crippen molar-refractivity contribution in [3.8, 4) is 16.9 Å². The molecule has 2 saturated heterocycles. The lowest BCUT2D eigenvalue weighted by atomic mass is 9.74. The van der Waals surface area contributed by atoms with Crippen molar-refractivity contribution in [1.82, 2.24) is 19.8 Å². The molecule has 6 nitrogen and oxygen atoms in total. The fourth-order valence-corrected chi connectivity index (χ4v) is 5.53. The quantitative estimate of drug-likeness (QED) is 0.627. The molecule has 3 atom stereocenters. The molecule has 2 aliphatic rings. The molecule has 0 spiro atoms. The Morgan fingerprint density at radius 2 is 1.79 bits per heavy atom. The van der Waals surface area contributed by atoms with Gasteiger partial charge in [0, 0.05) is 49.0 Å². The molecule has 0 saturated carbocycles. The van der Waals surface area contributed by atoms with Crippen molar-refractivity contribution in [2.24, 2.45) is 0 Å². The highest BCUT2D eigenvalue weighted by molar-refractivity contribution is 5.65. The number of aromatic nitrogens is 2. The summed E-state index contributed by atoms with van der Waals surface area (Å²) in [7, 11) is 1.70. The smallest absolute Gasteiger partial charge is 0.119 e. The molecule has 2 aromatic carbocycles. The van der Waals surface area contributed by atoms with Crippen LogP contribution in [0.3, 0.4) is 0 Å². The Kier molecular flexibility index (Phi) is 6.67. The third-order valence-corrected chi connectivity index (χ3v) is 7.17. The molecule has 172 valence electrons. The molecule has 33 heavy (non-hydrogen) atoms. The molecule has 3 heterocycles. The van der Waals surface area contributed by atoms with Crippen LogP contribution in [0.15, 0.2) is 67.3 Å². The summed E-state index contributed by atoms with van der Waals surface area (Å²) >= 11 is 0. The van der Waals surface area contributed by atoms with Gasteiger partial charge < -0.3 is 9.84 Å². The van der Waals surface area contributed by atoms with Crippen molar-refractivity contribution >= 4 is 0 Å². The molecule has 6 heteroatoms. The number of benzene rings is 2. The molecule has 2 fully saturated rings. The molecule has 1 N–H and O–H groups in total. The van der Waals surface area contributed by atoms with Gasteiger partial charge in [-0.3, -0.25) is 9.80 Å². The lowest BCUT2D eigenvalue weighted by Gasteiger charge is -2.57. The average molecular weight is 445 g/mol. The third kappa shape index (κ3) is 4.64. The van der Waals surface area contributed by atoms with E-state index in [-0.39, 0.29) is 12.6 Å². The summed E-state index contributed by atoms with van der Waals surface area (Å²) in [5, 5.41) is 10.2. The van der Waals surface area contributed by atoms with Crippen LogP contribution in [0.2, 0.25) is 0 Å². The van der Waals surface area contributed by atoms with E-state index < -0.39 is 0 Å². The summed E-state index contributed by atoms with van der Waals surface area (Å²) in [5.41, 5.74) is 4.79. The Balaban J connectivity index is 1.36. The van der Waals surface area contributed by atoms with E-state index in [0.29, 0.717) is 12.0 Å². The summed E-state index contributed by atoms with van der Waals surface area (Å²) in [6.45, 7) is 4.22. The van der Waals surface area contributed by atoms with Gasteiger partial charge in [0.25, 0.3) is 0 Å². The van der Waals surface area contributed by atoms with E-state index in [4.69, 9.17) is 4.74 Å². The molecule has 0 bridgehead atoms. The fraction of sp³-hybridized carbons (Fsp3) is 0.407. The van der Waals surface area contributed by atoms with Crippen LogP contribution in [0, 0.1) is 0 Å². The normalized spacial score (nSPS) is 23.8. The van der Waals surface area contributed by atoms with E-state index in [1.54, 1.807) is 13.4 Å². The Bertz CT molecular complexity index is 1040. The van der Waals surface area contributed by atoms with Gasteiger partial charge in [0.15, 0.2) is 0 Å². The van der Waals surface area contributed by atoms with Crippen LogP contribution in [0.1, 0.15) is 29.9 Å². The maximum atomic E-state index is 10.2. The second-order valence-corrected chi connectivity index (χ2v) is 9.12. The zero-order chi connectivity index (χ0) is 22.6. The predicted molar refractivity (Wildman–Crippen MR) is 129 cm³/mol. The number of aliphatic hydroxyl groups is 1. The van der Waals surface area contributed by atoms with Crippen molar-refractivity contribution in [3.63, 3.8) is 0 Å². The molecule has 5 rings (SSSR count). The first kappa shape index (κ1) is 22.0. The zero-order valence-corrected chi connectivity index (χ0v) is 19.2. The Morgan fingerprint density at radius 1 is 1.00 bits per heavy atom. The number of aliphatic hydroxyl groups excluding tert-OH is 1. The Hall–Kier alpha value is -2.80. The van der Waals surface area contributed by atoms with Crippen LogP contribution in [-0.4, -0.2) is 70.3 Å². The van der Waals surface area contributed by atoms with Crippen molar-refractivity contribution in [2.45, 2.75) is 37.4 Å². The standard InChI is InChI=1S/C27H32N4O2/c1-33-24-6-4-5-23(13-24)21-7-9-22(10-8-21)27-25-17-30(16-20-14-28-19-29-15-20)11-2-3-12-31(25)26(27)18-32/h4-10,13-15,19,25-27,32H,2-3,11-12,16-18H2,1H3/t25-,26+,27-/m0/s1. The minimum absolute atomic E-state index is 0.192. The highest BCUT2D eigenvalue weighted by atomic mass is 16.5. The summed E-state index contributed by atoms with van der Waals surface area (Å²) in [4.78, 5) is 13.4. The van der Waals surface area contributed by atoms with Gasteiger partial charge in [-0.1, -0.05) is 36.4 Å². The van der Waals surface area contributed by atoms with E-state index in [2.05, 4.69) is 56.2 Å². The van der Waals surface area contributed by atoms with E-state index in [1.807, 2.05) is 24.5 Å². The summed E-state index contributed by atoms with van der Waals surface area (Å²) < 4.78 is 5.38. The van der Waals surface area contributed by atoms with Gasteiger partial charge >= 0.3 is 0 Å². The minimum atomic E-state index is 0.192. The number of rotatable bonds is 6. The van der Waals surface area contributed by atoms with Gasteiger partial charge in [0.05, 0.1) is 13.7 Å². The predicted octanol–water partition coefficient (Wildman–Crippen LogP) is 3.58. The van der Waals surface area contributed by atoms with Crippen LogP contribution < -0.4 is 4.74 Å². The van der Waals surface area contributed by atoms with Gasteiger partial charge in [-0.25, -0.2) is 9.97 Å².